The number of hydrogen-bond donors (Lipinski definition) is 0. The second-order valence-electron chi connectivity index (χ2n) is 1.52. The highest BCUT2D eigenvalue weighted by Crippen LogP contribution is 1.76. The molecule has 0 amide bonds. The molecule has 0 atom stereocenters. The Bertz CT molecular complexity index is 116. The molecule has 0 aromatic heterocycles. The van der Waals surface area contributed by atoms with Crippen LogP contribution in [0.5, 0.6) is 0 Å². The lowest BCUT2D eigenvalue weighted by Gasteiger charge is -1.87. The molecule has 0 aliphatic rings. The van der Waals surface area contributed by atoms with Crippen molar-refractivity contribution in [3.63, 3.8) is 0 Å². The minimum absolute atomic E-state index is 0.111. The molecule has 0 heterocycles. The molecule has 0 aromatic carbocycles. The number of rotatable bonds is 2. The van der Waals surface area contributed by atoms with Gasteiger partial charge in [0.25, 0.3) is 0 Å². The van der Waals surface area contributed by atoms with Crippen LogP contribution in [0.15, 0.2) is 0 Å². The van der Waals surface area contributed by atoms with Gasteiger partial charge in [0.2, 0.25) is 0 Å². The Morgan fingerprint density at radius 3 is 1.31 bits per heavy atom. The topological polar surface area (TPSA) is 80.3 Å². The summed E-state index contributed by atoms with van der Waals surface area (Å²) < 4.78 is 9.81. The molecule has 0 saturated heterocycles. The molecule has 76 valence electrons. The van der Waals surface area contributed by atoms with E-state index < -0.39 is 11.9 Å². The number of carboxylic acids is 2. The van der Waals surface area contributed by atoms with Gasteiger partial charge in [-0.2, -0.15) is 0 Å². The van der Waals surface area contributed by atoms with E-state index in [0.29, 0.717) is 0 Å². The Morgan fingerprint density at radius 1 is 1.23 bits per heavy atom. The summed E-state index contributed by atoms with van der Waals surface area (Å²) in [5, 5.41) is 18.5. The average Bonchev–Trinajstić information content (AvgIpc) is 2.07. The lowest BCUT2D eigenvalue weighted by Crippen LogP contribution is -2.20. The number of hydrogen-bond acceptors (Lipinski definition) is 4. The highest BCUT2D eigenvalue weighted by molar-refractivity contribution is 6.21. The van der Waals surface area contributed by atoms with Crippen molar-refractivity contribution in [1.82, 2.24) is 0 Å². The zero-order valence-corrected chi connectivity index (χ0v) is 8.06. The summed E-state index contributed by atoms with van der Waals surface area (Å²) in [4.78, 5) is 18.5. The number of halogens is 2. The fraction of sp³-hybridized carbons (Fsp3) is 0.571. The molecular weight excluding hydrogens is 203 g/mol. The predicted molar refractivity (Wildman–Crippen MR) is 40.8 cm³/mol. The first-order valence-electron chi connectivity index (χ1n) is 3.32. The summed E-state index contributed by atoms with van der Waals surface area (Å²) >= 11 is 4.08. The van der Waals surface area contributed by atoms with Crippen LogP contribution in [0.25, 0.3) is 0 Å². The number of carbonyl (C=O) groups is 2. The highest BCUT2D eigenvalue weighted by Gasteiger charge is 2.21. The number of carbonyl (C=O) groups excluding carboxylic acids is 2. The molecular formula is C7H10ClFO4. The summed E-state index contributed by atoms with van der Waals surface area (Å²) in [6.45, 7) is 3.07. The van der Waals surface area contributed by atoms with Crippen LogP contribution in [-0.2, 0) is 9.59 Å². The first-order chi connectivity index (χ1) is 5.95. The van der Waals surface area contributed by atoms with Crippen molar-refractivity contribution in [2.45, 2.75) is 26.7 Å². The SMILES string of the molecule is CCC(=O)[O-].CCC(=O)[O-].F[C+2]Cl. The third-order valence-corrected chi connectivity index (χ3v) is 0.577. The molecule has 4 nitrogen and oxygen atoms in total. The van der Waals surface area contributed by atoms with Gasteiger partial charge in [-0.15, -0.1) is 0 Å². The molecule has 6 heteroatoms. The number of carboxylic acid groups (broad SMARTS) is 2. The molecule has 0 aliphatic carbocycles. The Hall–Kier alpha value is -1.06. The lowest BCUT2D eigenvalue weighted by molar-refractivity contribution is -0.306. The van der Waals surface area contributed by atoms with Gasteiger partial charge in [0.1, 0.15) is 0 Å². The van der Waals surface area contributed by atoms with E-state index in [0.717, 1.165) is 6.13 Å². The van der Waals surface area contributed by atoms with E-state index >= 15 is 0 Å². The maximum atomic E-state index is 9.81. The minimum atomic E-state index is -0.995. The summed E-state index contributed by atoms with van der Waals surface area (Å²) in [5.74, 6) is -1.99. The fourth-order valence-corrected chi connectivity index (χ4v) is 0. The lowest BCUT2D eigenvalue weighted by atomic mass is 10.5. The van der Waals surface area contributed by atoms with Crippen molar-refractivity contribution in [3.8, 4) is 0 Å². The van der Waals surface area contributed by atoms with Gasteiger partial charge in [-0.25, -0.2) is 0 Å². The van der Waals surface area contributed by atoms with E-state index in [1.54, 1.807) is 0 Å². The van der Waals surface area contributed by atoms with E-state index in [4.69, 9.17) is 0 Å². The van der Waals surface area contributed by atoms with E-state index in [2.05, 4.69) is 11.6 Å². The van der Waals surface area contributed by atoms with Crippen LogP contribution in [0.3, 0.4) is 0 Å². The summed E-state index contributed by atoms with van der Waals surface area (Å²) in [6, 6.07) is 0. The molecule has 13 heavy (non-hydrogen) atoms. The zero-order chi connectivity index (χ0) is 11.3. The van der Waals surface area contributed by atoms with Gasteiger partial charge < -0.3 is 19.8 Å². The summed E-state index contributed by atoms with van der Waals surface area (Å²) in [7, 11) is 0. The average molecular weight is 213 g/mol. The highest BCUT2D eigenvalue weighted by atomic mass is 35.5. The molecule has 0 aromatic rings. The second-order valence-corrected chi connectivity index (χ2v) is 1.67. The van der Waals surface area contributed by atoms with Crippen LogP contribution < -0.4 is 10.2 Å². The Morgan fingerprint density at radius 2 is 1.31 bits per heavy atom. The van der Waals surface area contributed by atoms with Gasteiger partial charge in [-0.3, -0.25) is 0 Å². The second kappa shape index (κ2) is 17.1. The van der Waals surface area contributed by atoms with Crippen LogP contribution in [-0.4, -0.2) is 11.9 Å². The standard InChI is InChI=1S/2C3H6O2.CClF/c2*1-2-3(4)5;2-1-3/h2*2H2,1H3,(H,4,5);/q;;+2/p-2. The van der Waals surface area contributed by atoms with Crippen molar-refractivity contribution in [2.75, 3.05) is 0 Å². The van der Waals surface area contributed by atoms with Crippen molar-refractivity contribution >= 4 is 23.5 Å². The molecule has 0 saturated carbocycles. The van der Waals surface area contributed by atoms with Crippen LogP contribution in [0, 0.1) is 6.13 Å². The molecule has 0 radical (unpaired) electrons. The fourth-order valence-electron chi connectivity index (χ4n) is 0. The minimum Gasteiger partial charge on any atom is -0.550 e. The van der Waals surface area contributed by atoms with Crippen LogP contribution in [0.1, 0.15) is 26.7 Å². The van der Waals surface area contributed by atoms with Gasteiger partial charge in [0.15, 0.2) is 0 Å². The normalized spacial score (nSPS) is 6.46. The third kappa shape index (κ3) is 101. The van der Waals surface area contributed by atoms with Crippen molar-refractivity contribution in [2.24, 2.45) is 0 Å². The molecule has 0 unspecified atom stereocenters. The molecule has 0 spiro atoms. The third-order valence-electron chi connectivity index (χ3n) is 0.577. The Balaban J connectivity index is -0.000000120. The number of aliphatic carboxylic acids is 2. The molecule has 0 bridgehead atoms. The van der Waals surface area contributed by atoms with Gasteiger partial charge >= 0.3 is 22.1 Å². The van der Waals surface area contributed by atoms with E-state index in [1.807, 2.05) is 0 Å². The largest absolute Gasteiger partial charge is 1.05 e. The maximum absolute atomic E-state index is 9.81. The quantitative estimate of drug-likeness (QED) is 0.617. The smallest absolute Gasteiger partial charge is 0.550 e. The van der Waals surface area contributed by atoms with Crippen LogP contribution >= 0.6 is 11.6 Å². The molecule has 0 fully saturated rings. The van der Waals surface area contributed by atoms with Gasteiger partial charge in [-0.1, -0.05) is 13.8 Å². The molecule has 0 rings (SSSR count). The van der Waals surface area contributed by atoms with Crippen molar-refractivity contribution in [1.29, 1.82) is 0 Å². The predicted octanol–water partition coefficient (Wildman–Crippen LogP) is -0.516. The maximum Gasteiger partial charge on any atom is 1.05 e. The van der Waals surface area contributed by atoms with Crippen LogP contribution in [0.2, 0.25) is 0 Å². The van der Waals surface area contributed by atoms with Crippen molar-refractivity contribution in [3.05, 3.63) is 6.13 Å². The van der Waals surface area contributed by atoms with E-state index in [1.165, 1.54) is 13.8 Å². The first-order valence-corrected chi connectivity index (χ1v) is 3.69. The van der Waals surface area contributed by atoms with Gasteiger partial charge in [0.05, 0.1) is 0 Å². The zero-order valence-electron chi connectivity index (χ0n) is 7.30. The summed E-state index contributed by atoms with van der Waals surface area (Å²) in [5.41, 5.74) is 0. The monoisotopic (exact) mass is 212 g/mol. The van der Waals surface area contributed by atoms with E-state index in [9.17, 15) is 24.2 Å². The van der Waals surface area contributed by atoms with Gasteiger partial charge in [-0.05, 0) is 12.8 Å². The van der Waals surface area contributed by atoms with Gasteiger partial charge in [0, 0.05) is 11.9 Å². The Labute approximate surface area is 81.3 Å². The van der Waals surface area contributed by atoms with Crippen molar-refractivity contribution < 1.29 is 24.2 Å². The molecule has 0 aliphatic heterocycles. The Kier molecular flexibility index (Phi) is 23.6. The first kappa shape index (κ1) is 17.9. The van der Waals surface area contributed by atoms with Crippen LogP contribution in [0.4, 0.5) is 4.39 Å². The summed E-state index contributed by atoms with van der Waals surface area (Å²) in [6.07, 6.45) is 0.944. The molecule has 0 N–H and O–H groups in total. The van der Waals surface area contributed by atoms with E-state index in [-0.39, 0.29) is 12.8 Å².